The highest BCUT2D eigenvalue weighted by Gasteiger charge is 2.25. The largest absolute Gasteiger partial charge is 0.339 e. The first-order valence-corrected chi connectivity index (χ1v) is 11.5. The van der Waals surface area contributed by atoms with E-state index >= 15 is 0 Å². The molecule has 0 bridgehead atoms. The fourth-order valence-electron chi connectivity index (χ4n) is 4.01. The van der Waals surface area contributed by atoms with Crippen molar-refractivity contribution in [1.29, 1.82) is 0 Å². The van der Waals surface area contributed by atoms with Gasteiger partial charge in [0, 0.05) is 51.5 Å². The molecule has 0 aliphatic carbocycles. The van der Waals surface area contributed by atoms with Crippen LogP contribution in [0.5, 0.6) is 0 Å². The van der Waals surface area contributed by atoms with Gasteiger partial charge in [0.1, 0.15) is 5.69 Å². The second-order valence-electron chi connectivity index (χ2n) is 8.01. The Morgan fingerprint density at radius 3 is 2.52 bits per heavy atom. The maximum atomic E-state index is 12.7. The molecule has 1 aliphatic rings. The van der Waals surface area contributed by atoms with Crippen LogP contribution < -0.4 is 5.56 Å². The van der Waals surface area contributed by atoms with E-state index in [1.807, 2.05) is 23.1 Å². The molecule has 0 atom stereocenters. The SMILES string of the molecule is O=C(CCCCCn1c(=S)[nH]c2ccccc2c1=O)N1CCN(C(=O)c2cnccn2)CC1. The van der Waals surface area contributed by atoms with Crippen molar-refractivity contribution in [3.63, 3.8) is 0 Å². The maximum absolute atomic E-state index is 12.7. The number of hydrogen-bond donors (Lipinski definition) is 1. The summed E-state index contributed by atoms with van der Waals surface area (Å²) in [7, 11) is 0. The number of fused-ring (bicyclic) bond motifs is 1. The highest BCUT2D eigenvalue weighted by Crippen LogP contribution is 2.11. The number of unbranched alkanes of at least 4 members (excludes halogenated alkanes) is 2. The summed E-state index contributed by atoms with van der Waals surface area (Å²) < 4.78 is 2.01. The number of nitrogens with zero attached hydrogens (tertiary/aromatic N) is 5. The van der Waals surface area contributed by atoms with Gasteiger partial charge in [-0.2, -0.15) is 0 Å². The van der Waals surface area contributed by atoms with E-state index in [9.17, 15) is 14.4 Å². The third-order valence-electron chi connectivity index (χ3n) is 5.86. The van der Waals surface area contributed by atoms with Crippen molar-refractivity contribution in [3.05, 3.63) is 63.7 Å². The van der Waals surface area contributed by atoms with Crippen LogP contribution in [0.15, 0.2) is 47.7 Å². The number of carbonyl (C=O) groups excluding carboxylic acids is 2. The van der Waals surface area contributed by atoms with Gasteiger partial charge in [-0.25, -0.2) is 4.98 Å². The fourth-order valence-corrected chi connectivity index (χ4v) is 4.30. The van der Waals surface area contributed by atoms with Crippen molar-refractivity contribution in [3.8, 4) is 0 Å². The van der Waals surface area contributed by atoms with Crippen molar-refractivity contribution in [2.45, 2.75) is 32.2 Å². The van der Waals surface area contributed by atoms with Crippen molar-refractivity contribution >= 4 is 34.9 Å². The molecule has 9 nitrogen and oxygen atoms in total. The normalized spacial score (nSPS) is 13.9. The topological polar surface area (TPSA) is 104 Å². The van der Waals surface area contributed by atoms with Crippen LogP contribution >= 0.6 is 12.2 Å². The van der Waals surface area contributed by atoms with Gasteiger partial charge in [0.25, 0.3) is 11.5 Å². The van der Waals surface area contributed by atoms with E-state index < -0.39 is 0 Å². The number of amides is 2. The molecule has 33 heavy (non-hydrogen) atoms. The molecule has 1 fully saturated rings. The first kappa shape index (κ1) is 22.8. The van der Waals surface area contributed by atoms with Gasteiger partial charge >= 0.3 is 0 Å². The molecule has 4 rings (SSSR count). The number of para-hydroxylation sites is 1. The molecule has 1 N–H and O–H groups in total. The lowest BCUT2D eigenvalue weighted by Gasteiger charge is -2.34. The predicted molar refractivity (Wildman–Crippen MR) is 126 cm³/mol. The number of carbonyl (C=O) groups is 2. The van der Waals surface area contributed by atoms with Crippen molar-refractivity contribution in [1.82, 2.24) is 29.3 Å². The molecule has 2 aromatic heterocycles. The Bertz CT molecular complexity index is 1250. The highest BCUT2D eigenvalue weighted by atomic mass is 32.1. The maximum Gasteiger partial charge on any atom is 0.274 e. The summed E-state index contributed by atoms with van der Waals surface area (Å²) in [6.45, 7) is 2.55. The van der Waals surface area contributed by atoms with Crippen LogP contribution in [0.25, 0.3) is 10.9 Å². The second-order valence-corrected chi connectivity index (χ2v) is 8.39. The first-order valence-electron chi connectivity index (χ1n) is 11.1. The summed E-state index contributed by atoms with van der Waals surface area (Å²) in [5.41, 5.74) is 0.981. The van der Waals surface area contributed by atoms with Crippen molar-refractivity contribution in [2.75, 3.05) is 26.2 Å². The van der Waals surface area contributed by atoms with Gasteiger partial charge in [0.2, 0.25) is 5.91 Å². The van der Waals surface area contributed by atoms with Crippen LogP contribution in [0.1, 0.15) is 36.2 Å². The molecule has 10 heteroatoms. The summed E-state index contributed by atoms with van der Waals surface area (Å²) in [5, 5.41) is 0.623. The molecule has 172 valence electrons. The zero-order valence-corrected chi connectivity index (χ0v) is 19.1. The van der Waals surface area contributed by atoms with Gasteiger partial charge in [-0.15, -0.1) is 0 Å². The Morgan fingerprint density at radius 1 is 1.00 bits per heavy atom. The van der Waals surface area contributed by atoms with Gasteiger partial charge in [-0.3, -0.25) is 23.9 Å². The molecule has 0 spiro atoms. The minimum Gasteiger partial charge on any atom is -0.339 e. The molecule has 1 aromatic carbocycles. The quantitative estimate of drug-likeness (QED) is 0.424. The van der Waals surface area contributed by atoms with Crippen LogP contribution in [-0.4, -0.2) is 67.3 Å². The molecule has 2 amide bonds. The van der Waals surface area contributed by atoms with Crippen LogP contribution in [0.3, 0.4) is 0 Å². The lowest BCUT2D eigenvalue weighted by molar-refractivity contribution is -0.132. The van der Waals surface area contributed by atoms with E-state index in [2.05, 4.69) is 15.0 Å². The number of piperazine rings is 1. The highest BCUT2D eigenvalue weighted by molar-refractivity contribution is 7.71. The van der Waals surface area contributed by atoms with Gasteiger partial charge < -0.3 is 14.8 Å². The summed E-state index contributed by atoms with van der Waals surface area (Å²) in [4.78, 5) is 52.3. The zero-order valence-electron chi connectivity index (χ0n) is 18.3. The Kier molecular flexibility index (Phi) is 7.23. The van der Waals surface area contributed by atoms with Crippen LogP contribution in [0.2, 0.25) is 0 Å². The average Bonchev–Trinajstić information content (AvgIpc) is 2.85. The van der Waals surface area contributed by atoms with Crippen molar-refractivity contribution in [2.24, 2.45) is 0 Å². The molecule has 0 unspecified atom stereocenters. The average molecular weight is 467 g/mol. The van der Waals surface area contributed by atoms with E-state index in [1.165, 1.54) is 18.6 Å². The Balaban J connectivity index is 1.20. The first-order chi connectivity index (χ1) is 16.0. The van der Waals surface area contributed by atoms with E-state index in [0.717, 1.165) is 24.8 Å². The number of rotatable bonds is 7. The number of H-pyrrole nitrogens is 1. The third kappa shape index (κ3) is 5.33. The van der Waals surface area contributed by atoms with Crippen LogP contribution in [0.4, 0.5) is 0 Å². The lowest BCUT2D eigenvalue weighted by Crippen LogP contribution is -2.50. The molecular formula is C23H26N6O3S. The Morgan fingerprint density at radius 2 is 1.76 bits per heavy atom. The molecular weight excluding hydrogens is 440 g/mol. The zero-order chi connectivity index (χ0) is 23.2. The van der Waals surface area contributed by atoms with Gasteiger partial charge in [0.05, 0.1) is 17.1 Å². The number of nitrogens with one attached hydrogen (secondary N) is 1. The number of aromatic amines is 1. The van der Waals surface area contributed by atoms with Crippen molar-refractivity contribution < 1.29 is 9.59 Å². The fraction of sp³-hybridized carbons (Fsp3) is 0.391. The monoisotopic (exact) mass is 466 g/mol. The number of hydrogen-bond acceptors (Lipinski definition) is 6. The molecule has 0 saturated carbocycles. The summed E-state index contributed by atoms with van der Waals surface area (Å²) in [6.07, 6.45) is 7.28. The van der Waals surface area contributed by atoms with Gasteiger partial charge in [0.15, 0.2) is 4.77 Å². The summed E-state index contributed by atoms with van der Waals surface area (Å²) in [5.74, 6) is -0.0562. The van der Waals surface area contributed by atoms with Crippen LogP contribution in [0, 0.1) is 4.77 Å². The van der Waals surface area contributed by atoms with E-state index in [1.54, 1.807) is 15.5 Å². The Hall–Kier alpha value is -3.40. The smallest absolute Gasteiger partial charge is 0.274 e. The third-order valence-corrected chi connectivity index (χ3v) is 6.19. The van der Waals surface area contributed by atoms with Gasteiger partial charge in [-0.05, 0) is 37.2 Å². The molecule has 0 radical (unpaired) electrons. The number of aromatic nitrogens is 4. The van der Waals surface area contributed by atoms with Crippen LogP contribution in [-0.2, 0) is 11.3 Å². The molecule has 3 aromatic rings. The summed E-state index contributed by atoms with van der Waals surface area (Å²) in [6, 6.07) is 7.33. The lowest BCUT2D eigenvalue weighted by atomic mass is 10.1. The predicted octanol–water partition coefficient (Wildman–Crippen LogP) is 2.39. The molecule has 1 aliphatic heterocycles. The van der Waals surface area contributed by atoms with E-state index in [-0.39, 0.29) is 17.4 Å². The molecule has 3 heterocycles. The summed E-state index contributed by atoms with van der Waals surface area (Å²) >= 11 is 5.34. The second kappa shape index (κ2) is 10.5. The minimum atomic E-state index is -0.155. The van der Waals surface area contributed by atoms with E-state index in [4.69, 9.17) is 12.2 Å². The molecule has 1 saturated heterocycles. The Labute approximate surface area is 196 Å². The minimum absolute atomic E-state index is 0.0840. The van der Waals surface area contributed by atoms with Gasteiger partial charge in [-0.1, -0.05) is 18.6 Å². The van der Waals surface area contributed by atoms with E-state index in [0.29, 0.717) is 55.0 Å². The standard InChI is InChI=1S/C23H26N6O3S/c30-20(27-12-14-28(15-13-27)22(32)19-16-24-9-10-25-19)8-2-1-5-11-29-21(31)17-6-3-4-7-18(17)26-23(29)33/h3-4,6-7,9-10,16H,1-2,5,8,11-15H2,(H,26,33). The number of benzene rings is 1.